The van der Waals surface area contributed by atoms with Gasteiger partial charge in [-0.2, -0.15) is 0 Å². The van der Waals surface area contributed by atoms with E-state index in [0.29, 0.717) is 6.54 Å². The minimum atomic E-state index is -0.474. The number of aromatic amines is 1. The number of nitrogens with zero attached hydrogens (tertiary/aromatic N) is 1. The molecule has 1 unspecified atom stereocenters. The maximum Gasteiger partial charge on any atom is 0.407 e. The van der Waals surface area contributed by atoms with Gasteiger partial charge >= 0.3 is 6.09 Å². The lowest BCUT2D eigenvalue weighted by molar-refractivity contribution is 0.0522. The van der Waals surface area contributed by atoms with Crippen LogP contribution in [-0.2, 0) is 11.2 Å². The number of hydrogen-bond acceptors (Lipinski definition) is 4. The Balaban J connectivity index is 1.92. The highest BCUT2D eigenvalue weighted by Gasteiger charge is 2.24. The molecule has 6 nitrogen and oxygen atoms in total. The summed E-state index contributed by atoms with van der Waals surface area (Å²) < 4.78 is 5.22. The number of fused-ring (bicyclic) bond motifs is 1. The van der Waals surface area contributed by atoms with E-state index in [9.17, 15) is 4.79 Å². The van der Waals surface area contributed by atoms with Crippen molar-refractivity contribution in [2.75, 3.05) is 13.1 Å². The van der Waals surface area contributed by atoms with Gasteiger partial charge in [-0.05, 0) is 27.7 Å². The van der Waals surface area contributed by atoms with Gasteiger partial charge in [0.1, 0.15) is 11.4 Å². The molecule has 3 N–H and O–H groups in total. The molecule has 0 saturated carbocycles. The number of alkyl carbamates (subject to hydrolysis) is 1. The van der Waals surface area contributed by atoms with Crippen LogP contribution in [0.5, 0.6) is 0 Å². The molecule has 0 aliphatic carbocycles. The van der Waals surface area contributed by atoms with E-state index in [1.807, 2.05) is 27.7 Å². The minimum absolute atomic E-state index is 0.0428. The second-order valence-electron chi connectivity index (χ2n) is 5.83. The summed E-state index contributed by atoms with van der Waals surface area (Å²) in [5.74, 6) is 0.913. The molecule has 0 aromatic carbocycles. The third-order valence-electron chi connectivity index (χ3n) is 2.87. The van der Waals surface area contributed by atoms with Crippen molar-refractivity contribution in [1.82, 2.24) is 20.6 Å². The SMILES string of the molecule is Cc1nc2c([nH]1)CCNC2CNC(=O)OC(C)(C)C. The van der Waals surface area contributed by atoms with E-state index >= 15 is 0 Å². The van der Waals surface area contributed by atoms with Gasteiger partial charge in [-0.1, -0.05) is 0 Å². The van der Waals surface area contributed by atoms with Crippen molar-refractivity contribution in [3.8, 4) is 0 Å². The van der Waals surface area contributed by atoms with Crippen LogP contribution >= 0.6 is 0 Å². The summed E-state index contributed by atoms with van der Waals surface area (Å²) >= 11 is 0. The molecular formula is C13H22N4O2. The molecule has 2 rings (SSSR count). The van der Waals surface area contributed by atoms with E-state index in [4.69, 9.17) is 4.74 Å². The molecule has 1 aromatic rings. The third-order valence-corrected chi connectivity index (χ3v) is 2.87. The van der Waals surface area contributed by atoms with Crippen molar-refractivity contribution in [2.45, 2.75) is 45.8 Å². The first-order valence-corrected chi connectivity index (χ1v) is 6.61. The van der Waals surface area contributed by atoms with Crippen LogP contribution < -0.4 is 10.6 Å². The highest BCUT2D eigenvalue weighted by atomic mass is 16.6. The zero-order valence-electron chi connectivity index (χ0n) is 12.0. The summed E-state index contributed by atoms with van der Waals surface area (Å²) in [6, 6.07) is 0.0428. The van der Waals surface area contributed by atoms with Gasteiger partial charge in [0, 0.05) is 25.2 Å². The van der Waals surface area contributed by atoms with E-state index < -0.39 is 11.7 Å². The van der Waals surface area contributed by atoms with Gasteiger partial charge < -0.3 is 20.4 Å². The summed E-state index contributed by atoms with van der Waals surface area (Å²) in [6.07, 6.45) is 0.549. The molecule has 0 saturated heterocycles. The fourth-order valence-corrected chi connectivity index (χ4v) is 2.17. The highest BCUT2D eigenvalue weighted by molar-refractivity contribution is 5.67. The van der Waals surface area contributed by atoms with E-state index in [1.165, 1.54) is 0 Å². The first-order chi connectivity index (χ1) is 8.85. The smallest absolute Gasteiger partial charge is 0.407 e. The molecule has 0 radical (unpaired) electrons. The predicted molar refractivity (Wildman–Crippen MR) is 72.0 cm³/mol. The predicted octanol–water partition coefficient (Wildman–Crippen LogP) is 1.43. The van der Waals surface area contributed by atoms with Crippen LogP contribution in [-0.4, -0.2) is 34.8 Å². The van der Waals surface area contributed by atoms with Crippen LogP contribution in [0.15, 0.2) is 0 Å². The molecule has 1 amide bonds. The average molecular weight is 266 g/mol. The van der Waals surface area contributed by atoms with Gasteiger partial charge in [0.05, 0.1) is 11.7 Å². The standard InChI is InChI=1S/C13H22N4O2/c1-8-16-9-5-6-14-10(11(9)17-8)7-15-12(18)19-13(2,3)4/h10,14H,5-7H2,1-4H3,(H,15,18)(H,16,17). The number of imidazole rings is 1. The maximum atomic E-state index is 11.6. The fraction of sp³-hybridized carbons (Fsp3) is 0.692. The number of hydrogen-bond donors (Lipinski definition) is 3. The second kappa shape index (κ2) is 5.21. The van der Waals surface area contributed by atoms with Gasteiger partial charge in [0.15, 0.2) is 0 Å². The Morgan fingerprint density at radius 2 is 2.26 bits per heavy atom. The first kappa shape index (κ1) is 13.9. The average Bonchev–Trinajstić information content (AvgIpc) is 2.64. The van der Waals surface area contributed by atoms with Crippen molar-refractivity contribution in [2.24, 2.45) is 0 Å². The van der Waals surface area contributed by atoms with Gasteiger partial charge in [-0.3, -0.25) is 0 Å². The summed E-state index contributed by atoms with van der Waals surface area (Å²) in [7, 11) is 0. The monoisotopic (exact) mass is 266 g/mol. The maximum absolute atomic E-state index is 11.6. The number of carbonyl (C=O) groups excluding carboxylic acids is 1. The van der Waals surface area contributed by atoms with Gasteiger partial charge in [0.2, 0.25) is 0 Å². The zero-order valence-corrected chi connectivity index (χ0v) is 12.0. The Labute approximate surface area is 113 Å². The Bertz CT molecular complexity index is 462. The van der Waals surface area contributed by atoms with E-state index in [-0.39, 0.29) is 6.04 Å². The Morgan fingerprint density at radius 1 is 1.53 bits per heavy atom. The topological polar surface area (TPSA) is 79.0 Å². The quantitative estimate of drug-likeness (QED) is 0.756. The molecule has 0 spiro atoms. The molecule has 19 heavy (non-hydrogen) atoms. The number of ether oxygens (including phenoxy) is 1. The van der Waals surface area contributed by atoms with Crippen molar-refractivity contribution < 1.29 is 9.53 Å². The molecule has 2 heterocycles. The number of aryl methyl sites for hydroxylation is 1. The lowest BCUT2D eigenvalue weighted by Crippen LogP contribution is -2.40. The molecule has 1 atom stereocenters. The molecule has 0 bridgehead atoms. The van der Waals surface area contributed by atoms with Crippen molar-refractivity contribution in [3.05, 3.63) is 17.2 Å². The van der Waals surface area contributed by atoms with Gasteiger partial charge in [-0.15, -0.1) is 0 Å². The van der Waals surface area contributed by atoms with Crippen LogP contribution in [0.1, 0.15) is 44.0 Å². The van der Waals surface area contributed by atoms with E-state index in [1.54, 1.807) is 0 Å². The van der Waals surface area contributed by atoms with Crippen LogP contribution in [0.2, 0.25) is 0 Å². The van der Waals surface area contributed by atoms with Gasteiger partial charge in [0.25, 0.3) is 0 Å². The lowest BCUT2D eigenvalue weighted by atomic mass is 10.1. The first-order valence-electron chi connectivity index (χ1n) is 6.61. The number of H-pyrrole nitrogens is 1. The molecule has 6 heteroatoms. The summed E-state index contributed by atoms with van der Waals surface area (Å²) in [4.78, 5) is 19.4. The number of nitrogens with one attached hydrogen (secondary N) is 3. The Morgan fingerprint density at radius 3 is 2.95 bits per heavy atom. The molecular weight excluding hydrogens is 244 g/mol. The van der Waals surface area contributed by atoms with Crippen LogP contribution in [0.3, 0.4) is 0 Å². The highest BCUT2D eigenvalue weighted by Crippen LogP contribution is 2.20. The molecule has 1 aromatic heterocycles. The normalized spacial score (nSPS) is 18.8. The molecule has 1 aliphatic heterocycles. The summed E-state index contributed by atoms with van der Waals surface area (Å²) in [5, 5.41) is 6.14. The Hall–Kier alpha value is -1.56. The minimum Gasteiger partial charge on any atom is -0.444 e. The fourth-order valence-electron chi connectivity index (χ4n) is 2.17. The number of aromatic nitrogens is 2. The molecule has 1 aliphatic rings. The van der Waals surface area contributed by atoms with Crippen LogP contribution in [0.4, 0.5) is 4.79 Å². The number of rotatable bonds is 2. The molecule has 106 valence electrons. The summed E-state index contributed by atoms with van der Waals surface area (Å²) in [6.45, 7) is 8.85. The van der Waals surface area contributed by atoms with Crippen LogP contribution in [0, 0.1) is 6.92 Å². The van der Waals surface area contributed by atoms with Crippen molar-refractivity contribution in [3.63, 3.8) is 0 Å². The third kappa shape index (κ3) is 3.70. The van der Waals surface area contributed by atoms with Gasteiger partial charge in [-0.25, -0.2) is 9.78 Å². The Kier molecular flexibility index (Phi) is 3.80. The lowest BCUT2D eigenvalue weighted by Gasteiger charge is -2.24. The molecule has 0 fully saturated rings. The van der Waals surface area contributed by atoms with E-state index in [0.717, 1.165) is 30.2 Å². The van der Waals surface area contributed by atoms with Crippen molar-refractivity contribution in [1.29, 1.82) is 0 Å². The zero-order chi connectivity index (χ0) is 14.0. The van der Waals surface area contributed by atoms with E-state index in [2.05, 4.69) is 20.6 Å². The largest absolute Gasteiger partial charge is 0.444 e. The second-order valence-corrected chi connectivity index (χ2v) is 5.83. The number of carbonyl (C=O) groups is 1. The summed E-state index contributed by atoms with van der Waals surface area (Å²) in [5.41, 5.74) is 1.69. The van der Waals surface area contributed by atoms with Crippen LogP contribution in [0.25, 0.3) is 0 Å². The van der Waals surface area contributed by atoms with Crippen molar-refractivity contribution >= 4 is 6.09 Å². The number of amides is 1.